The number of nitriles is 1. The maximum atomic E-state index is 12.7. The number of thiazole rings is 1. The van der Waals surface area contributed by atoms with Crippen LogP contribution in [-0.4, -0.2) is 25.7 Å². The number of hydrogen-bond acceptors (Lipinski definition) is 6. The predicted octanol–water partition coefficient (Wildman–Crippen LogP) is 3.75. The van der Waals surface area contributed by atoms with Crippen LogP contribution < -0.4 is 5.32 Å². The summed E-state index contributed by atoms with van der Waals surface area (Å²) in [5.74, 6) is 0.395. The number of nitrogens with one attached hydrogen (secondary N) is 1. The number of amides is 1. The van der Waals surface area contributed by atoms with Gasteiger partial charge in [-0.3, -0.25) is 10.1 Å². The second-order valence-corrected chi connectivity index (χ2v) is 7.43. The van der Waals surface area contributed by atoms with Gasteiger partial charge >= 0.3 is 0 Å². The van der Waals surface area contributed by atoms with Gasteiger partial charge in [-0.05, 0) is 36.8 Å². The van der Waals surface area contributed by atoms with Crippen LogP contribution in [0.15, 0.2) is 61.1 Å². The number of anilines is 1. The standard InChI is InChI=1S/C21H16N6OS/c1-14-18(13-25-27(14)19-4-2-3-9-23-19)20(28)26-21-24-12-17(29-21)10-15-5-7-16(11-22)8-6-15/h2-9,12-13H,10H2,1H3,(H,24,26,28). The van der Waals surface area contributed by atoms with Gasteiger partial charge in [-0.2, -0.15) is 10.4 Å². The first-order valence-electron chi connectivity index (χ1n) is 8.85. The highest BCUT2D eigenvalue weighted by Crippen LogP contribution is 2.22. The minimum absolute atomic E-state index is 0.260. The Bertz CT molecular complexity index is 1190. The Balaban J connectivity index is 1.45. The zero-order valence-corrected chi connectivity index (χ0v) is 16.3. The van der Waals surface area contributed by atoms with Crippen molar-refractivity contribution in [1.29, 1.82) is 5.26 Å². The van der Waals surface area contributed by atoms with Gasteiger partial charge < -0.3 is 0 Å². The summed E-state index contributed by atoms with van der Waals surface area (Å²) in [5, 5.41) is 16.5. The molecule has 142 valence electrons. The number of benzene rings is 1. The summed E-state index contributed by atoms with van der Waals surface area (Å²) >= 11 is 1.42. The largest absolute Gasteiger partial charge is 0.298 e. The Kier molecular flexibility index (Phi) is 5.14. The van der Waals surface area contributed by atoms with Gasteiger partial charge in [0.15, 0.2) is 10.9 Å². The normalized spacial score (nSPS) is 10.5. The summed E-state index contributed by atoms with van der Waals surface area (Å²) in [6, 6.07) is 15.1. The molecule has 8 heteroatoms. The molecule has 0 atom stereocenters. The Morgan fingerprint density at radius 1 is 1.17 bits per heavy atom. The van der Waals surface area contributed by atoms with E-state index in [1.807, 2.05) is 37.3 Å². The van der Waals surface area contributed by atoms with E-state index in [-0.39, 0.29) is 5.91 Å². The summed E-state index contributed by atoms with van der Waals surface area (Å²) in [6.07, 6.45) is 5.66. The second kappa shape index (κ2) is 8.04. The highest BCUT2D eigenvalue weighted by atomic mass is 32.1. The monoisotopic (exact) mass is 400 g/mol. The molecular formula is C21H16N6OS. The van der Waals surface area contributed by atoms with Crippen molar-refractivity contribution in [2.24, 2.45) is 0 Å². The van der Waals surface area contributed by atoms with Crippen LogP contribution in [0.4, 0.5) is 5.13 Å². The second-order valence-electron chi connectivity index (χ2n) is 6.31. The number of carbonyl (C=O) groups excluding carboxylic acids is 1. The molecule has 0 spiro atoms. The van der Waals surface area contributed by atoms with E-state index in [9.17, 15) is 4.79 Å². The van der Waals surface area contributed by atoms with Crippen LogP contribution in [0.5, 0.6) is 0 Å². The average Bonchev–Trinajstić information content (AvgIpc) is 3.35. The van der Waals surface area contributed by atoms with Gasteiger partial charge in [0.25, 0.3) is 5.91 Å². The summed E-state index contributed by atoms with van der Waals surface area (Å²) in [6.45, 7) is 1.83. The molecule has 0 aliphatic rings. The molecule has 7 nitrogen and oxygen atoms in total. The number of hydrogen-bond donors (Lipinski definition) is 1. The zero-order valence-electron chi connectivity index (χ0n) is 15.5. The van der Waals surface area contributed by atoms with E-state index in [0.717, 1.165) is 10.4 Å². The van der Waals surface area contributed by atoms with Crippen molar-refractivity contribution in [3.05, 3.63) is 88.3 Å². The topological polar surface area (TPSA) is 96.5 Å². The van der Waals surface area contributed by atoms with Crippen LogP contribution in [0.3, 0.4) is 0 Å². The highest BCUT2D eigenvalue weighted by Gasteiger charge is 2.17. The van der Waals surface area contributed by atoms with E-state index in [1.54, 1.807) is 29.2 Å². The Labute approximate surface area is 171 Å². The molecular weight excluding hydrogens is 384 g/mol. The van der Waals surface area contributed by atoms with Gasteiger partial charge in [0, 0.05) is 23.7 Å². The first kappa shape index (κ1) is 18.5. The third-order valence-corrected chi connectivity index (χ3v) is 5.27. The number of pyridine rings is 1. The maximum Gasteiger partial charge on any atom is 0.260 e. The average molecular weight is 400 g/mol. The number of aromatic nitrogens is 4. The minimum Gasteiger partial charge on any atom is -0.298 e. The quantitative estimate of drug-likeness (QED) is 0.550. The molecule has 1 amide bonds. The van der Waals surface area contributed by atoms with Gasteiger partial charge in [-0.25, -0.2) is 14.6 Å². The highest BCUT2D eigenvalue weighted by molar-refractivity contribution is 7.15. The smallest absolute Gasteiger partial charge is 0.260 e. The number of nitrogens with zero attached hydrogens (tertiary/aromatic N) is 5. The Morgan fingerprint density at radius 3 is 2.72 bits per heavy atom. The van der Waals surface area contributed by atoms with Crippen molar-refractivity contribution < 1.29 is 4.79 Å². The van der Waals surface area contributed by atoms with E-state index in [0.29, 0.717) is 34.2 Å². The van der Waals surface area contributed by atoms with E-state index in [2.05, 4.69) is 26.5 Å². The van der Waals surface area contributed by atoms with Gasteiger partial charge in [-0.1, -0.05) is 18.2 Å². The van der Waals surface area contributed by atoms with Gasteiger partial charge in [0.05, 0.1) is 29.1 Å². The van der Waals surface area contributed by atoms with Crippen molar-refractivity contribution in [3.8, 4) is 11.9 Å². The van der Waals surface area contributed by atoms with Crippen LogP contribution in [0.2, 0.25) is 0 Å². The number of carbonyl (C=O) groups is 1. The van der Waals surface area contributed by atoms with Crippen molar-refractivity contribution >= 4 is 22.4 Å². The Hall–Kier alpha value is -3.83. The van der Waals surface area contributed by atoms with Crippen LogP contribution >= 0.6 is 11.3 Å². The van der Waals surface area contributed by atoms with Crippen LogP contribution in [0, 0.1) is 18.3 Å². The fraction of sp³-hybridized carbons (Fsp3) is 0.0952. The molecule has 1 N–H and O–H groups in total. The zero-order chi connectivity index (χ0) is 20.2. The Morgan fingerprint density at radius 2 is 2.00 bits per heavy atom. The van der Waals surface area contributed by atoms with Crippen LogP contribution in [-0.2, 0) is 6.42 Å². The molecule has 4 aromatic rings. The minimum atomic E-state index is -0.260. The molecule has 0 unspecified atom stereocenters. The fourth-order valence-corrected chi connectivity index (χ4v) is 3.69. The lowest BCUT2D eigenvalue weighted by molar-refractivity contribution is 0.102. The SMILES string of the molecule is Cc1c(C(=O)Nc2ncc(Cc3ccc(C#N)cc3)s2)cnn1-c1ccccn1. The van der Waals surface area contributed by atoms with Crippen molar-refractivity contribution in [3.63, 3.8) is 0 Å². The van der Waals surface area contributed by atoms with E-state index in [4.69, 9.17) is 5.26 Å². The van der Waals surface area contributed by atoms with Gasteiger partial charge in [0.2, 0.25) is 0 Å². The third kappa shape index (κ3) is 4.05. The molecule has 0 fully saturated rings. The summed E-state index contributed by atoms with van der Waals surface area (Å²) in [5.41, 5.74) is 2.89. The molecule has 0 radical (unpaired) electrons. The van der Waals surface area contributed by atoms with Crippen molar-refractivity contribution in [2.75, 3.05) is 5.32 Å². The van der Waals surface area contributed by atoms with Gasteiger partial charge in [0.1, 0.15) is 0 Å². The molecule has 3 aromatic heterocycles. The number of rotatable bonds is 5. The molecule has 3 heterocycles. The molecule has 1 aromatic carbocycles. The predicted molar refractivity (Wildman–Crippen MR) is 110 cm³/mol. The van der Waals surface area contributed by atoms with E-state index >= 15 is 0 Å². The molecule has 0 aliphatic heterocycles. The maximum absolute atomic E-state index is 12.7. The van der Waals surface area contributed by atoms with Crippen LogP contribution in [0.1, 0.15) is 32.1 Å². The third-order valence-electron chi connectivity index (χ3n) is 4.36. The van der Waals surface area contributed by atoms with Crippen LogP contribution in [0.25, 0.3) is 5.82 Å². The molecule has 0 aliphatic carbocycles. The fourth-order valence-electron chi connectivity index (χ4n) is 2.85. The summed E-state index contributed by atoms with van der Waals surface area (Å²) < 4.78 is 1.63. The summed E-state index contributed by atoms with van der Waals surface area (Å²) in [7, 11) is 0. The first-order valence-corrected chi connectivity index (χ1v) is 9.67. The lowest BCUT2D eigenvalue weighted by Crippen LogP contribution is -2.13. The molecule has 4 rings (SSSR count). The molecule has 29 heavy (non-hydrogen) atoms. The van der Waals surface area contributed by atoms with Crippen molar-refractivity contribution in [1.82, 2.24) is 19.7 Å². The molecule has 0 saturated heterocycles. The lowest BCUT2D eigenvalue weighted by Gasteiger charge is -2.04. The lowest BCUT2D eigenvalue weighted by atomic mass is 10.1. The van der Waals surface area contributed by atoms with E-state index in [1.165, 1.54) is 17.5 Å². The molecule has 0 bridgehead atoms. The van der Waals surface area contributed by atoms with E-state index < -0.39 is 0 Å². The summed E-state index contributed by atoms with van der Waals surface area (Å²) in [4.78, 5) is 22.3. The van der Waals surface area contributed by atoms with Gasteiger partial charge in [-0.15, -0.1) is 11.3 Å². The van der Waals surface area contributed by atoms with Crippen molar-refractivity contribution in [2.45, 2.75) is 13.3 Å². The molecule has 0 saturated carbocycles. The first-order chi connectivity index (χ1) is 14.1.